The molecule has 42 heavy (non-hydrogen) atoms. The maximum atomic E-state index is 13.1. The lowest BCUT2D eigenvalue weighted by molar-refractivity contribution is -0.155. The molecule has 0 aliphatic rings. The van der Waals surface area contributed by atoms with Crippen molar-refractivity contribution < 1.29 is 29.0 Å². The summed E-state index contributed by atoms with van der Waals surface area (Å²) in [4.78, 5) is 39.6. The topological polar surface area (TPSA) is 105 Å². The lowest BCUT2D eigenvalue weighted by atomic mass is 10.0. The molecule has 0 aromatic heterocycles. The number of carbonyl (C=O) groups excluding carboxylic acids is 3. The maximum absolute atomic E-state index is 13.1. The summed E-state index contributed by atoms with van der Waals surface area (Å²) >= 11 is 0. The number of hydrogen-bond donors (Lipinski definition) is 2. The number of aliphatic hydroxyl groups excluding tert-OH is 1. The molecule has 1 unspecified atom stereocenters. The van der Waals surface area contributed by atoms with Crippen LogP contribution in [-0.4, -0.2) is 53.7 Å². The van der Waals surface area contributed by atoms with E-state index in [4.69, 9.17) is 9.47 Å². The molecule has 0 spiro atoms. The van der Waals surface area contributed by atoms with Crippen LogP contribution in [0.3, 0.4) is 0 Å². The molecule has 0 fully saturated rings. The minimum atomic E-state index is -1.56. The summed E-state index contributed by atoms with van der Waals surface area (Å²) < 4.78 is 10.7. The zero-order valence-electron chi connectivity index (χ0n) is 23.4. The third-order valence-corrected chi connectivity index (χ3v) is 6.60. The number of benzene rings is 4. The second-order valence-corrected chi connectivity index (χ2v) is 9.85. The number of amides is 2. The van der Waals surface area contributed by atoms with Crippen LogP contribution in [0.1, 0.15) is 16.7 Å². The van der Waals surface area contributed by atoms with Gasteiger partial charge < -0.3 is 24.8 Å². The van der Waals surface area contributed by atoms with Crippen LogP contribution in [0.2, 0.25) is 0 Å². The normalized spacial score (nSPS) is 12.0. The van der Waals surface area contributed by atoms with Gasteiger partial charge in [0, 0.05) is 13.5 Å². The van der Waals surface area contributed by atoms with Crippen molar-refractivity contribution in [2.45, 2.75) is 31.8 Å². The zero-order valence-corrected chi connectivity index (χ0v) is 23.4. The molecule has 2 N–H and O–H groups in total. The number of urea groups is 1. The van der Waals surface area contributed by atoms with E-state index >= 15 is 0 Å². The molecule has 8 heteroatoms. The van der Waals surface area contributed by atoms with Crippen LogP contribution in [0.15, 0.2) is 115 Å². The van der Waals surface area contributed by atoms with Gasteiger partial charge in [0.15, 0.2) is 6.10 Å². The van der Waals surface area contributed by atoms with Crippen molar-refractivity contribution >= 4 is 18.0 Å². The third kappa shape index (κ3) is 9.04. The Hall–Kier alpha value is -4.95. The molecular weight excluding hydrogens is 532 g/mol. The highest BCUT2D eigenvalue weighted by atomic mass is 16.5. The Balaban J connectivity index is 1.38. The van der Waals surface area contributed by atoms with Crippen molar-refractivity contribution in [1.82, 2.24) is 10.2 Å². The smallest absolute Gasteiger partial charge is 0.337 e. The molecule has 216 valence electrons. The first-order valence-corrected chi connectivity index (χ1v) is 13.6. The third-order valence-electron chi connectivity index (χ3n) is 6.60. The molecule has 0 bridgehead atoms. The highest BCUT2D eigenvalue weighted by molar-refractivity contribution is 5.84. The predicted octanol–water partition coefficient (Wildman–Crippen LogP) is 4.75. The molecule has 4 aromatic carbocycles. The van der Waals surface area contributed by atoms with Crippen LogP contribution in [0.5, 0.6) is 0 Å². The van der Waals surface area contributed by atoms with Gasteiger partial charge in [-0.1, -0.05) is 115 Å². The number of ether oxygens (including phenoxy) is 2. The first-order chi connectivity index (χ1) is 20.4. The zero-order chi connectivity index (χ0) is 29.7. The Morgan fingerprint density at radius 2 is 1.14 bits per heavy atom. The molecule has 2 atom stereocenters. The number of nitrogens with zero attached hydrogens (tertiary/aromatic N) is 1. The summed E-state index contributed by atoms with van der Waals surface area (Å²) in [6.07, 6.45) is -1.37. The predicted molar refractivity (Wildman–Crippen MR) is 159 cm³/mol. The van der Waals surface area contributed by atoms with E-state index in [1.807, 2.05) is 103 Å². The SMILES string of the molecule is CN(CC(O)C(=O)OCc1ccccc1)C(=O)N[C@@H](Cc1ccc(-c2ccccc2)cc1)C(=O)OCc1ccccc1. The van der Waals surface area contributed by atoms with Gasteiger partial charge in [0.2, 0.25) is 0 Å². The fourth-order valence-electron chi connectivity index (χ4n) is 4.22. The maximum Gasteiger partial charge on any atom is 0.337 e. The molecule has 4 rings (SSSR count). The largest absolute Gasteiger partial charge is 0.459 e. The minimum Gasteiger partial charge on any atom is -0.459 e. The van der Waals surface area contributed by atoms with Crippen molar-refractivity contribution in [1.29, 1.82) is 0 Å². The fraction of sp³-hybridized carbons (Fsp3) is 0.206. The highest BCUT2D eigenvalue weighted by Crippen LogP contribution is 2.20. The van der Waals surface area contributed by atoms with E-state index in [1.165, 1.54) is 7.05 Å². The second-order valence-electron chi connectivity index (χ2n) is 9.85. The van der Waals surface area contributed by atoms with Gasteiger partial charge in [-0.3, -0.25) is 0 Å². The summed E-state index contributed by atoms with van der Waals surface area (Å²) in [5, 5.41) is 13.0. The summed E-state index contributed by atoms with van der Waals surface area (Å²) in [6.45, 7) is -0.261. The van der Waals surface area contributed by atoms with Gasteiger partial charge in [0.05, 0.1) is 6.54 Å². The van der Waals surface area contributed by atoms with Gasteiger partial charge in [-0.15, -0.1) is 0 Å². The molecular formula is C34H34N2O6. The first-order valence-electron chi connectivity index (χ1n) is 13.6. The van der Waals surface area contributed by atoms with E-state index in [0.29, 0.717) is 0 Å². The standard InChI is InChI=1S/C34H34N2O6/c1-36(22-31(37)33(39)42-24-27-13-7-3-8-14-27)34(40)35-30(32(38)41-23-26-11-5-2-6-12-26)21-25-17-19-29(20-18-25)28-15-9-4-10-16-28/h2-20,30-31,37H,21-24H2,1H3,(H,35,40)/t30-,31?/m0/s1. The molecule has 0 saturated carbocycles. The molecule has 4 aromatic rings. The average Bonchev–Trinajstić information content (AvgIpc) is 3.03. The quantitative estimate of drug-likeness (QED) is 0.240. The lowest BCUT2D eigenvalue weighted by Crippen LogP contribution is -2.50. The van der Waals surface area contributed by atoms with Crippen LogP contribution >= 0.6 is 0 Å². The van der Waals surface area contributed by atoms with E-state index in [9.17, 15) is 19.5 Å². The number of rotatable bonds is 12. The van der Waals surface area contributed by atoms with Crippen molar-refractivity contribution in [2.75, 3.05) is 13.6 Å². The molecule has 0 heterocycles. The van der Waals surface area contributed by atoms with Crippen molar-refractivity contribution in [3.63, 3.8) is 0 Å². The number of carbonyl (C=O) groups is 3. The van der Waals surface area contributed by atoms with E-state index in [0.717, 1.165) is 32.7 Å². The van der Waals surface area contributed by atoms with Crippen molar-refractivity contribution in [3.05, 3.63) is 132 Å². The average molecular weight is 567 g/mol. The van der Waals surface area contributed by atoms with E-state index < -0.39 is 30.1 Å². The molecule has 0 aliphatic carbocycles. The van der Waals surface area contributed by atoms with E-state index in [1.54, 1.807) is 12.1 Å². The summed E-state index contributed by atoms with van der Waals surface area (Å²) in [6, 6.07) is 34.3. The highest BCUT2D eigenvalue weighted by Gasteiger charge is 2.27. The van der Waals surface area contributed by atoms with E-state index in [2.05, 4.69) is 5.32 Å². The van der Waals surface area contributed by atoms with Gasteiger partial charge in [-0.05, 0) is 27.8 Å². The molecule has 0 radical (unpaired) electrons. The number of nitrogens with one attached hydrogen (secondary N) is 1. The number of aliphatic hydroxyl groups is 1. The van der Waals surface area contributed by atoms with Crippen LogP contribution < -0.4 is 5.32 Å². The molecule has 0 aliphatic heterocycles. The Morgan fingerprint density at radius 3 is 1.69 bits per heavy atom. The van der Waals surface area contributed by atoms with Crippen LogP contribution in [0.25, 0.3) is 11.1 Å². The molecule has 8 nitrogen and oxygen atoms in total. The number of hydrogen-bond acceptors (Lipinski definition) is 6. The molecule has 2 amide bonds. The Bertz CT molecular complexity index is 1430. The first kappa shape index (κ1) is 30.0. The number of likely N-dealkylation sites (N-methyl/N-ethyl adjacent to an activating group) is 1. The van der Waals surface area contributed by atoms with Crippen LogP contribution in [-0.2, 0) is 38.7 Å². The van der Waals surface area contributed by atoms with Gasteiger partial charge in [-0.2, -0.15) is 0 Å². The van der Waals surface area contributed by atoms with Crippen LogP contribution in [0, 0.1) is 0 Å². The monoisotopic (exact) mass is 566 g/mol. The van der Waals surface area contributed by atoms with Gasteiger partial charge in [0.25, 0.3) is 0 Å². The van der Waals surface area contributed by atoms with E-state index in [-0.39, 0.29) is 26.2 Å². The van der Waals surface area contributed by atoms with Gasteiger partial charge in [-0.25, -0.2) is 14.4 Å². The molecule has 0 saturated heterocycles. The Morgan fingerprint density at radius 1 is 0.667 bits per heavy atom. The van der Waals surface area contributed by atoms with Gasteiger partial charge in [0.1, 0.15) is 19.3 Å². The minimum absolute atomic E-state index is 0.00500. The Kier molecular flexibility index (Phi) is 10.8. The lowest BCUT2D eigenvalue weighted by Gasteiger charge is -2.24. The second kappa shape index (κ2) is 15.2. The van der Waals surface area contributed by atoms with Crippen LogP contribution in [0.4, 0.5) is 4.79 Å². The summed E-state index contributed by atoms with van der Waals surface area (Å²) in [5.74, 6) is -1.45. The summed E-state index contributed by atoms with van der Waals surface area (Å²) in [7, 11) is 1.42. The van der Waals surface area contributed by atoms with Gasteiger partial charge >= 0.3 is 18.0 Å². The summed E-state index contributed by atoms with van der Waals surface area (Å²) in [5.41, 5.74) is 4.51. The fourth-order valence-corrected chi connectivity index (χ4v) is 4.22. The van der Waals surface area contributed by atoms with Crippen molar-refractivity contribution in [2.24, 2.45) is 0 Å². The number of esters is 2. The van der Waals surface area contributed by atoms with Crippen molar-refractivity contribution in [3.8, 4) is 11.1 Å². The Labute approximate surface area is 245 Å².